The molecule has 1 amide bonds. The van der Waals surface area contributed by atoms with Crippen molar-refractivity contribution in [1.82, 2.24) is 15.6 Å². The average molecular weight is 571 g/mol. The number of pyridine rings is 1. The number of nitrogens with two attached hydrogens (primary N) is 1. The Labute approximate surface area is 245 Å². The van der Waals surface area contributed by atoms with Crippen LogP contribution in [0, 0.1) is 0 Å². The lowest BCUT2D eigenvalue weighted by Gasteiger charge is -2.37. The quantitative estimate of drug-likeness (QED) is 0.144. The fraction of sp³-hybridized carbons (Fsp3) is 0.625. The van der Waals surface area contributed by atoms with Crippen LogP contribution in [0.15, 0.2) is 36.5 Å². The zero-order valence-corrected chi connectivity index (χ0v) is 26.0. The van der Waals surface area contributed by atoms with Gasteiger partial charge >= 0.3 is 12.1 Å². The van der Waals surface area contributed by atoms with E-state index in [1.807, 2.05) is 30.3 Å². The largest absolute Gasteiger partial charge is 0.458 e. The van der Waals surface area contributed by atoms with Gasteiger partial charge in [0.05, 0.1) is 11.6 Å². The Morgan fingerprint density at radius 1 is 0.927 bits per heavy atom. The molecule has 1 aromatic carbocycles. The smallest absolute Gasteiger partial charge is 0.408 e. The molecule has 1 heterocycles. The standard InChI is InChI=1S/C32H50N4O5/c1-8-9-13-19-32(28(38)40-30(2,3)4,35-22-23-18-21-34-25-16-11-10-15-24(23)25)27(37)26(17-12-14-20-33)36-29(39)41-31(5,6)7/h10-11,15-16,18,21,26,35H,8-9,12-14,17,19-20,22,33H2,1-7H3,(H,36,39)/t26-,32?/m0/s1. The molecular weight excluding hydrogens is 520 g/mol. The number of para-hydroxylation sites is 1. The summed E-state index contributed by atoms with van der Waals surface area (Å²) in [7, 11) is 0. The normalized spacial score (nSPS) is 14.2. The number of benzene rings is 1. The first kappa shape index (κ1) is 34.2. The second-order valence-electron chi connectivity index (χ2n) is 12.6. The number of carbonyl (C=O) groups is 3. The fourth-order valence-corrected chi connectivity index (χ4v) is 4.64. The van der Waals surface area contributed by atoms with Crippen LogP contribution in [0.25, 0.3) is 10.9 Å². The molecule has 0 spiro atoms. The molecule has 0 radical (unpaired) electrons. The molecule has 2 aromatic rings. The Bertz CT molecular complexity index is 1150. The van der Waals surface area contributed by atoms with Crippen molar-refractivity contribution in [1.29, 1.82) is 0 Å². The summed E-state index contributed by atoms with van der Waals surface area (Å²) >= 11 is 0. The van der Waals surface area contributed by atoms with Gasteiger partial charge in [-0.1, -0.05) is 44.4 Å². The number of alkyl carbamates (subject to hydrolysis) is 1. The van der Waals surface area contributed by atoms with Gasteiger partial charge in [-0.25, -0.2) is 9.59 Å². The fourth-order valence-electron chi connectivity index (χ4n) is 4.64. The molecule has 1 aromatic heterocycles. The Balaban J connectivity index is 2.57. The molecule has 2 atom stereocenters. The minimum atomic E-state index is -1.70. The summed E-state index contributed by atoms with van der Waals surface area (Å²) in [5.74, 6) is -1.09. The molecule has 0 aliphatic rings. The van der Waals surface area contributed by atoms with Gasteiger partial charge in [-0.05, 0) is 91.5 Å². The van der Waals surface area contributed by atoms with Gasteiger partial charge in [0.2, 0.25) is 0 Å². The van der Waals surface area contributed by atoms with Crippen LogP contribution >= 0.6 is 0 Å². The predicted octanol–water partition coefficient (Wildman–Crippen LogP) is 5.58. The number of rotatable bonds is 15. The third kappa shape index (κ3) is 10.7. The molecule has 0 saturated heterocycles. The van der Waals surface area contributed by atoms with Crippen molar-refractivity contribution in [2.75, 3.05) is 6.54 Å². The van der Waals surface area contributed by atoms with E-state index in [4.69, 9.17) is 15.2 Å². The van der Waals surface area contributed by atoms with E-state index in [2.05, 4.69) is 22.5 Å². The van der Waals surface area contributed by atoms with Gasteiger partial charge < -0.3 is 20.5 Å². The van der Waals surface area contributed by atoms with Crippen molar-refractivity contribution in [2.45, 2.75) is 123 Å². The topological polar surface area (TPSA) is 133 Å². The van der Waals surface area contributed by atoms with Crippen molar-refractivity contribution >= 4 is 28.7 Å². The molecular formula is C32H50N4O5. The van der Waals surface area contributed by atoms with Crippen molar-refractivity contribution in [3.05, 3.63) is 42.1 Å². The van der Waals surface area contributed by atoms with Crippen LogP contribution in [0.4, 0.5) is 4.79 Å². The number of aromatic nitrogens is 1. The molecule has 0 aliphatic carbocycles. The lowest BCUT2D eigenvalue weighted by molar-refractivity contribution is -0.167. The molecule has 9 nitrogen and oxygen atoms in total. The number of amides is 1. The van der Waals surface area contributed by atoms with Crippen molar-refractivity contribution < 1.29 is 23.9 Å². The second kappa shape index (κ2) is 15.3. The highest BCUT2D eigenvalue weighted by molar-refractivity contribution is 6.11. The van der Waals surface area contributed by atoms with Crippen LogP contribution in [0.1, 0.15) is 99.0 Å². The molecule has 2 rings (SSSR count). The Hall–Kier alpha value is -3.04. The van der Waals surface area contributed by atoms with Gasteiger partial charge in [-0.2, -0.15) is 0 Å². The van der Waals surface area contributed by atoms with Crippen molar-refractivity contribution in [2.24, 2.45) is 5.73 Å². The summed E-state index contributed by atoms with van der Waals surface area (Å²) < 4.78 is 11.4. The van der Waals surface area contributed by atoms with E-state index < -0.39 is 40.6 Å². The van der Waals surface area contributed by atoms with Gasteiger partial charge in [-0.3, -0.25) is 15.1 Å². The monoisotopic (exact) mass is 570 g/mol. The van der Waals surface area contributed by atoms with E-state index in [1.54, 1.807) is 47.7 Å². The maximum Gasteiger partial charge on any atom is 0.408 e. The maximum absolute atomic E-state index is 14.6. The van der Waals surface area contributed by atoms with Crippen LogP contribution < -0.4 is 16.4 Å². The van der Waals surface area contributed by atoms with Crippen LogP contribution in [-0.4, -0.2) is 52.2 Å². The first-order valence-electron chi connectivity index (χ1n) is 14.8. The number of fused-ring (bicyclic) bond motifs is 1. The van der Waals surface area contributed by atoms with E-state index in [9.17, 15) is 14.4 Å². The van der Waals surface area contributed by atoms with E-state index >= 15 is 0 Å². The Kier molecular flexibility index (Phi) is 12.7. The van der Waals surface area contributed by atoms with Crippen LogP contribution in [0.3, 0.4) is 0 Å². The minimum absolute atomic E-state index is 0.223. The number of Topliss-reactive ketones (excluding diaryl/α,β-unsaturated/α-hetero) is 1. The molecule has 228 valence electrons. The highest BCUT2D eigenvalue weighted by Gasteiger charge is 2.50. The van der Waals surface area contributed by atoms with Gasteiger partial charge in [0.25, 0.3) is 0 Å². The van der Waals surface area contributed by atoms with E-state index in [0.717, 1.165) is 29.3 Å². The Morgan fingerprint density at radius 2 is 1.61 bits per heavy atom. The zero-order valence-electron chi connectivity index (χ0n) is 26.0. The van der Waals surface area contributed by atoms with Crippen molar-refractivity contribution in [3.8, 4) is 0 Å². The summed E-state index contributed by atoms with van der Waals surface area (Å²) in [6, 6.07) is 8.63. The highest BCUT2D eigenvalue weighted by atomic mass is 16.6. The summed E-state index contributed by atoms with van der Waals surface area (Å²) in [6.45, 7) is 13.3. The number of nitrogens with zero attached hydrogens (tertiary/aromatic N) is 1. The number of ketones is 1. The Morgan fingerprint density at radius 3 is 2.24 bits per heavy atom. The number of unbranched alkanes of at least 4 members (excludes halogenated alkanes) is 3. The van der Waals surface area contributed by atoms with Crippen molar-refractivity contribution in [3.63, 3.8) is 0 Å². The highest BCUT2D eigenvalue weighted by Crippen LogP contribution is 2.27. The number of esters is 1. The van der Waals surface area contributed by atoms with E-state index in [-0.39, 0.29) is 13.0 Å². The third-order valence-corrected chi connectivity index (χ3v) is 6.60. The number of hydrogen-bond acceptors (Lipinski definition) is 8. The number of ether oxygens (including phenoxy) is 2. The van der Waals surface area contributed by atoms with Crippen LogP contribution in [0.2, 0.25) is 0 Å². The summed E-state index contributed by atoms with van der Waals surface area (Å²) in [4.78, 5) is 46.0. The number of nitrogens with one attached hydrogen (secondary N) is 2. The molecule has 9 heteroatoms. The second-order valence-corrected chi connectivity index (χ2v) is 12.6. The van der Waals surface area contributed by atoms with Gasteiger partial charge in [0, 0.05) is 18.1 Å². The maximum atomic E-state index is 14.6. The van der Waals surface area contributed by atoms with E-state index in [1.165, 1.54) is 0 Å². The summed E-state index contributed by atoms with van der Waals surface area (Å²) in [5.41, 5.74) is 4.16. The zero-order chi connectivity index (χ0) is 30.7. The number of carbonyl (C=O) groups excluding carboxylic acids is 3. The molecule has 0 aliphatic heterocycles. The van der Waals surface area contributed by atoms with Gasteiger partial charge in [0.1, 0.15) is 11.2 Å². The molecule has 0 saturated carbocycles. The average Bonchev–Trinajstić information content (AvgIpc) is 2.88. The SMILES string of the molecule is CCCCCC(NCc1ccnc2ccccc12)(C(=O)OC(C)(C)C)C(=O)[C@H](CCCCN)NC(=O)OC(C)(C)C. The van der Waals surface area contributed by atoms with Crippen LogP contribution in [-0.2, 0) is 25.6 Å². The predicted molar refractivity (Wildman–Crippen MR) is 162 cm³/mol. The third-order valence-electron chi connectivity index (χ3n) is 6.60. The lowest BCUT2D eigenvalue weighted by atomic mass is 9.82. The minimum Gasteiger partial charge on any atom is -0.458 e. The number of hydrogen-bond donors (Lipinski definition) is 3. The molecule has 0 fully saturated rings. The molecule has 41 heavy (non-hydrogen) atoms. The first-order chi connectivity index (χ1) is 19.2. The summed E-state index contributed by atoms with van der Waals surface area (Å²) in [5, 5.41) is 7.03. The van der Waals surface area contributed by atoms with E-state index in [0.29, 0.717) is 32.2 Å². The first-order valence-corrected chi connectivity index (χ1v) is 14.8. The van der Waals surface area contributed by atoms with Gasteiger partial charge in [0.15, 0.2) is 11.3 Å². The van der Waals surface area contributed by atoms with Crippen LogP contribution in [0.5, 0.6) is 0 Å². The molecule has 4 N–H and O–H groups in total. The molecule has 0 bridgehead atoms. The lowest BCUT2D eigenvalue weighted by Crippen LogP contribution is -2.64. The summed E-state index contributed by atoms with van der Waals surface area (Å²) in [6.07, 6.45) is 5.16. The van der Waals surface area contributed by atoms with Gasteiger partial charge in [-0.15, -0.1) is 0 Å². The molecule has 1 unspecified atom stereocenters.